The Kier molecular flexibility index (Phi) is 4.09. The number of nitrogens with zero attached hydrogens (tertiary/aromatic N) is 2. The van der Waals surface area contributed by atoms with Crippen molar-refractivity contribution in [2.45, 2.75) is 0 Å². The van der Waals surface area contributed by atoms with Crippen LogP contribution in [-0.4, -0.2) is 16.9 Å². The third-order valence-corrected chi connectivity index (χ3v) is 3.47. The van der Waals surface area contributed by atoms with Crippen LogP contribution < -0.4 is 4.74 Å². The Balaban J connectivity index is 2.26. The van der Waals surface area contributed by atoms with E-state index >= 15 is 0 Å². The molecule has 1 aromatic carbocycles. The second-order valence-corrected chi connectivity index (χ2v) is 4.98. The van der Waals surface area contributed by atoms with E-state index < -0.39 is 0 Å². The molecule has 0 spiro atoms. The van der Waals surface area contributed by atoms with Crippen LogP contribution in [-0.2, 0) is 7.05 Å². The average Bonchev–Trinajstić information content (AvgIpc) is 2.71. The van der Waals surface area contributed by atoms with Gasteiger partial charge in [-0.25, -0.2) is 0 Å². The van der Waals surface area contributed by atoms with E-state index in [2.05, 4.69) is 21.0 Å². The number of benzene rings is 1. The number of ether oxygens (including phenoxy) is 1. The monoisotopic (exact) mass is 326 g/mol. The van der Waals surface area contributed by atoms with Crippen molar-refractivity contribution in [1.82, 2.24) is 9.78 Å². The van der Waals surface area contributed by atoms with Crippen LogP contribution in [0.15, 0.2) is 30.3 Å². The Bertz CT molecular complexity index is 556. The summed E-state index contributed by atoms with van der Waals surface area (Å²) < 4.78 is 7.62. The lowest BCUT2D eigenvalue weighted by molar-refractivity contribution is 0.415. The van der Waals surface area contributed by atoms with Crippen molar-refractivity contribution in [3.8, 4) is 5.75 Å². The van der Waals surface area contributed by atoms with Gasteiger partial charge in [-0.2, -0.15) is 5.10 Å². The molecule has 0 saturated heterocycles. The first-order valence-electron chi connectivity index (χ1n) is 5.31. The van der Waals surface area contributed by atoms with Gasteiger partial charge in [-0.3, -0.25) is 4.68 Å². The van der Waals surface area contributed by atoms with Gasteiger partial charge in [0.2, 0.25) is 0 Å². The summed E-state index contributed by atoms with van der Waals surface area (Å²) in [5.74, 6) is 0.837. The standard InChI is InChI=1S/C13H12BrClN2O/c1-17-13(15)8-12(16-17)11(14)7-9-3-5-10(18-2)6-4-9/h3-8H,1-2H3. The van der Waals surface area contributed by atoms with E-state index in [9.17, 15) is 0 Å². The third kappa shape index (κ3) is 2.94. The summed E-state index contributed by atoms with van der Waals surface area (Å²) >= 11 is 9.45. The van der Waals surface area contributed by atoms with Crippen LogP contribution in [0.1, 0.15) is 11.3 Å². The van der Waals surface area contributed by atoms with Crippen molar-refractivity contribution in [1.29, 1.82) is 0 Å². The molecule has 1 heterocycles. The molecule has 0 bridgehead atoms. The molecule has 0 radical (unpaired) electrons. The molecular formula is C13H12BrClN2O. The molecule has 18 heavy (non-hydrogen) atoms. The lowest BCUT2D eigenvalue weighted by atomic mass is 10.2. The molecule has 0 N–H and O–H groups in total. The first kappa shape index (κ1) is 13.2. The number of rotatable bonds is 3. The summed E-state index contributed by atoms with van der Waals surface area (Å²) in [5.41, 5.74) is 1.86. The van der Waals surface area contributed by atoms with E-state index in [4.69, 9.17) is 16.3 Å². The van der Waals surface area contributed by atoms with Gasteiger partial charge in [-0.1, -0.05) is 23.7 Å². The van der Waals surface area contributed by atoms with Gasteiger partial charge in [0.05, 0.1) is 7.11 Å². The van der Waals surface area contributed by atoms with Crippen molar-refractivity contribution >= 4 is 38.1 Å². The van der Waals surface area contributed by atoms with Crippen molar-refractivity contribution in [2.75, 3.05) is 7.11 Å². The van der Waals surface area contributed by atoms with E-state index in [-0.39, 0.29) is 0 Å². The van der Waals surface area contributed by atoms with Crippen LogP contribution in [0.3, 0.4) is 0 Å². The predicted molar refractivity (Wildman–Crippen MR) is 78.0 cm³/mol. The summed E-state index contributed by atoms with van der Waals surface area (Å²) in [6.45, 7) is 0. The largest absolute Gasteiger partial charge is 0.497 e. The highest BCUT2D eigenvalue weighted by Crippen LogP contribution is 2.25. The van der Waals surface area contributed by atoms with Crippen LogP contribution in [0.5, 0.6) is 5.75 Å². The molecule has 0 unspecified atom stereocenters. The van der Waals surface area contributed by atoms with Crippen molar-refractivity contribution < 1.29 is 4.74 Å². The number of hydrogen-bond acceptors (Lipinski definition) is 2. The zero-order valence-corrected chi connectivity index (χ0v) is 12.4. The van der Waals surface area contributed by atoms with Crippen molar-refractivity contribution in [2.24, 2.45) is 7.05 Å². The zero-order chi connectivity index (χ0) is 13.1. The van der Waals surface area contributed by atoms with E-state index in [0.29, 0.717) is 5.15 Å². The Labute approximate surface area is 119 Å². The van der Waals surface area contributed by atoms with Crippen molar-refractivity contribution in [3.63, 3.8) is 0 Å². The second-order valence-electron chi connectivity index (χ2n) is 3.74. The minimum absolute atomic E-state index is 0.602. The maximum absolute atomic E-state index is 5.95. The Morgan fingerprint density at radius 2 is 2.06 bits per heavy atom. The minimum Gasteiger partial charge on any atom is -0.497 e. The van der Waals surface area contributed by atoms with E-state index in [0.717, 1.165) is 21.5 Å². The first-order valence-corrected chi connectivity index (χ1v) is 6.48. The second kappa shape index (κ2) is 5.59. The minimum atomic E-state index is 0.602. The number of aryl methyl sites for hydroxylation is 1. The fourth-order valence-electron chi connectivity index (χ4n) is 1.48. The van der Waals surface area contributed by atoms with Crippen LogP contribution in [0.4, 0.5) is 0 Å². The van der Waals surface area contributed by atoms with Crippen LogP contribution in [0.2, 0.25) is 5.15 Å². The zero-order valence-electron chi connectivity index (χ0n) is 10.0. The molecule has 0 amide bonds. The molecule has 1 aromatic heterocycles. The van der Waals surface area contributed by atoms with Crippen LogP contribution >= 0.6 is 27.5 Å². The molecule has 0 aliphatic carbocycles. The topological polar surface area (TPSA) is 27.1 Å². The highest BCUT2D eigenvalue weighted by Gasteiger charge is 2.05. The van der Waals surface area contributed by atoms with Gasteiger partial charge < -0.3 is 4.74 Å². The fraction of sp³-hybridized carbons (Fsp3) is 0.154. The SMILES string of the molecule is COc1ccc(C=C(Br)c2cc(Cl)n(C)n2)cc1. The summed E-state index contributed by atoms with van der Waals surface area (Å²) in [6.07, 6.45) is 1.98. The fourth-order valence-corrected chi connectivity index (χ4v) is 2.08. The molecular weight excluding hydrogens is 316 g/mol. The van der Waals surface area contributed by atoms with Gasteiger partial charge in [0, 0.05) is 17.6 Å². The Morgan fingerprint density at radius 1 is 1.39 bits per heavy atom. The maximum atomic E-state index is 5.95. The maximum Gasteiger partial charge on any atom is 0.127 e. The van der Waals surface area contributed by atoms with Gasteiger partial charge in [0.1, 0.15) is 16.6 Å². The Hall–Kier alpha value is -1.26. The first-order chi connectivity index (χ1) is 8.60. The van der Waals surface area contributed by atoms with Gasteiger partial charge in [-0.15, -0.1) is 0 Å². The molecule has 5 heteroatoms. The molecule has 0 atom stereocenters. The molecule has 3 nitrogen and oxygen atoms in total. The molecule has 2 aromatic rings. The van der Waals surface area contributed by atoms with Crippen LogP contribution in [0, 0.1) is 0 Å². The van der Waals surface area contributed by atoms with Crippen molar-refractivity contribution in [3.05, 3.63) is 46.7 Å². The molecule has 0 saturated carbocycles. The van der Waals surface area contributed by atoms with Crippen LogP contribution in [0.25, 0.3) is 10.6 Å². The number of methoxy groups -OCH3 is 1. The quantitative estimate of drug-likeness (QED) is 0.853. The summed E-state index contributed by atoms with van der Waals surface area (Å²) in [4.78, 5) is 0. The smallest absolute Gasteiger partial charge is 0.127 e. The van der Waals surface area contributed by atoms with Gasteiger partial charge in [0.25, 0.3) is 0 Å². The van der Waals surface area contributed by atoms with E-state index in [1.54, 1.807) is 18.8 Å². The highest BCUT2D eigenvalue weighted by atomic mass is 79.9. The summed E-state index contributed by atoms with van der Waals surface area (Å²) in [7, 11) is 3.45. The summed E-state index contributed by atoms with van der Waals surface area (Å²) in [5, 5.41) is 4.89. The van der Waals surface area contributed by atoms with Gasteiger partial charge in [0.15, 0.2) is 0 Å². The predicted octanol–water partition coefficient (Wildman–Crippen LogP) is 3.98. The van der Waals surface area contributed by atoms with E-state index in [1.165, 1.54) is 0 Å². The van der Waals surface area contributed by atoms with Gasteiger partial charge >= 0.3 is 0 Å². The number of hydrogen-bond donors (Lipinski definition) is 0. The molecule has 2 rings (SSSR count). The molecule has 0 aliphatic heterocycles. The Morgan fingerprint density at radius 3 is 2.56 bits per heavy atom. The average molecular weight is 328 g/mol. The molecule has 0 fully saturated rings. The molecule has 0 aliphatic rings. The normalized spacial score (nSPS) is 11.7. The number of halogens is 2. The number of aromatic nitrogens is 2. The van der Waals surface area contributed by atoms with E-state index in [1.807, 2.05) is 36.4 Å². The molecule has 94 valence electrons. The summed E-state index contributed by atoms with van der Waals surface area (Å²) in [6, 6.07) is 9.59. The third-order valence-electron chi connectivity index (χ3n) is 2.48. The highest BCUT2D eigenvalue weighted by molar-refractivity contribution is 9.15. The lowest BCUT2D eigenvalue weighted by Gasteiger charge is -2.00. The van der Waals surface area contributed by atoms with Gasteiger partial charge in [-0.05, 0) is 39.7 Å². The lowest BCUT2D eigenvalue weighted by Crippen LogP contribution is -1.90.